The van der Waals surface area contributed by atoms with Gasteiger partial charge in [0.2, 0.25) is 5.03 Å². The number of sulfonamides is 1. The van der Waals surface area contributed by atoms with Gasteiger partial charge in [-0.3, -0.25) is 0 Å². The predicted molar refractivity (Wildman–Crippen MR) is 55.7 cm³/mol. The number of pyridine rings is 1. The van der Waals surface area contributed by atoms with Gasteiger partial charge >= 0.3 is 0 Å². The highest BCUT2D eigenvalue weighted by atomic mass is 32.2. The lowest BCUT2D eigenvalue weighted by molar-refractivity contribution is 0.275. The van der Waals surface area contributed by atoms with Crippen LogP contribution in [0, 0.1) is 5.82 Å². The van der Waals surface area contributed by atoms with Gasteiger partial charge in [0.05, 0.1) is 0 Å². The Balaban J connectivity index is 2.91. The van der Waals surface area contributed by atoms with E-state index in [0.717, 1.165) is 6.07 Å². The minimum atomic E-state index is -3.96. The molecule has 0 saturated carbocycles. The molecule has 1 aromatic rings. The van der Waals surface area contributed by atoms with Crippen molar-refractivity contribution in [2.75, 3.05) is 6.61 Å². The SMILES string of the molecule is CC(CCO)NS(=O)(=O)c1ncccc1F. The minimum absolute atomic E-state index is 0.144. The third kappa shape index (κ3) is 3.22. The molecule has 0 aliphatic heterocycles. The number of nitrogens with one attached hydrogen (secondary N) is 1. The van der Waals surface area contributed by atoms with Gasteiger partial charge in [-0.25, -0.2) is 22.5 Å². The van der Waals surface area contributed by atoms with Crippen molar-refractivity contribution in [2.45, 2.75) is 24.4 Å². The zero-order valence-corrected chi connectivity index (χ0v) is 9.54. The van der Waals surface area contributed by atoms with Gasteiger partial charge in [-0.1, -0.05) is 0 Å². The molecule has 0 aliphatic carbocycles. The average molecular weight is 248 g/mol. The Morgan fingerprint density at radius 1 is 1.62 bits per heavy atom. The van der Waals surface area contributed by atoms with Crippen molar-refractivity contribution in [3.63, 3.8) is 0 Å². The smallest absolute Gasteiger partial charge is 0.261 e. The summed E-state index contributed by atoms with van der Waals surface area (Å²) in [6, 6.07) is 1.86. The highest BCUT2D eigenvalue weighted by molar-refractivity contribution is 7.89. The van der Waals surface area contributed by atoms with Crippen LogP contribution in [0.1, 0.15) is 13.3 Å². The van der Waals surface area contributed by atoms with Gasteiger partial charge < -0.3 is 5.11 Å². The summed E-state index contributed by atoms with van der Waals surface area (Å²) in [6.07, 6.45) is 1.46. The molecule has 5 nitrogen and oxygen atoms in total. The Morgan fingerprint density at radius 3 is 2.88 bits per heavy atom. The number of aliphatic hydroxyl groups is 1. The first-order valence-corrected chi connectivity index (χ1v) is 6.19. The largest absolute Gasteiger partial charge is 0.396 e. The standard InChI is InChI=1S/C9H13FN2O3S/c1-7(4-6-13)12-16(14,15)9-8(10)3-2-5-11-9/h2-3,5,7,12-13H,4,6H2,1H3. The number of aliphatic hydroxyl groups excluding tert-OH is 1. The fraction of sp³-hybridized carbons (Fsp3) is 0.444. The van der Waals surface area contributed by atoms with Gasteiger partial charge in [0.25, 0.3) is 10.0 Å². The molecule has 0 spiro atoms. The maximum atomic E-state index is 13.2. The van der Waals surface area contributed by atoms with E-state index in [1.165, 1.54) is 12.3 Å². The molecule has 7 heteroatoms. The third-order valence-electron chi connectivity index (χ3n) is 1.90. The van der Waals surface area contributed by atoms with Crippen LogP contribution in [-0.2, 0) is 10.0 Å². The summed E-state index contributed by atoms with van der Waals surface area (Å²) in [6.45, 7) is 1.43. The number of rotatable bonds is 5. The third-order valence-corrected chi connectivity index (χ3v) is 3.42. The number of hydrogen-bond acceptors (Lipinski definition) is 4. The van der Waals surface area contributed by atoms with Crippen molar-refractivity contribution >= 4 is 10.0 Å². The van der Waals surface area contributed by atoms with Crippen molar-refractivity contribution in [2.24, 2.45) is 0 Å². The van der Waals surface area contributed by atoms with Crippen LogP contribution < -0.4 is 4.72 Å². The quantitative estimate of drug-likeness (QED) is 0.784. The van der Waals surface area contributed by atoms with Crippen molar-refractivity contribution in [1.29, 1.82) is 0 Å². The van der Waals surface area contributed by atoms with E-state index < -0.39 is 26.9 Å². The van der Waals surface area contributed by atoms with Crippen molar-refractivity contribution in [3.8, 4) is 0 Å². The molecule has 0 saturated heterocycles. The van der Waals surface area contributed by atoms with E-state index in [1.54, 1.807) is 6.92 Å². The first-order valence-electron chi connectivity index (χ1n) is 4.71. The van der Waals surface area contributed by atoms with Crippen molar-refractivity contribution in [3.05, 3.63) is 24.1 Å². The zero-order chi connectivity index (χ0) is 12.2. The molecule has 0 aliphatic rings. The molecule has 0 aromatic carbocycles. The number of aromatic nitrogens is 1. The maximum absolute atomic E-state index is 13.2. The first-order chi connectivity index (χ1) is 7.47. The van der Waals surface area contributed by atoms with Crippen LogP contribution in [0.15, 0.2) is 23.4 Å². The fourth-order valence-electron chi connectivity index (χ4n) is 1.14. The van der Waals surface area contributed by atoms with Gasteiger partial charge in [0.1, 0.15) is 0 Å². The van der Waals surface area contributed by atoms with Crippen LogP contribution >= 0.6 is 0 Å². The number of hydrogen-bond donors (Lipinski definition) is 2. The summed E-state index contributed by atoms with van der Waals surface area (Å²) in [5.74, 6) is -0.897. The summed E-state index contributed by atoms with van der Waals surface area (Å²) in [5.41, 5.74) is 0. The molecule has 1 heterocycles. The minimum Gasteiger partial charge on any atom is -0.396 e. The average Bonchev–Trinajstić information content (AvgIpc) is 2.17. The summed E-state index contributed by atoms with van der Waals surface area (Å²) in [4.78, 5) is 3.48. The van der Waals surface area contributed by atoms with Gasteiger partial charge in [-0.15, -0.1) is 0 Å². The molecular weight excluding hydrogens is 235 g/mol. The molecule has 0 amide bonds. The summed E-state index contributed by atoms with van der Waals surface area (Å²) >= 11 is 0. The Kier molecular flexibility index (Phi) is 4.34. The second-order valence-electron chi connectivity index (χ2n) is 3.32. The second-order valence-corrected chi connectivity index (χ2v) is 4.95. The number of halogens is 1. The molecule has 0 radical (unpaired) electrons. The van der Waals surface area contributed by atoms with Gasteiger partial charge in [0.15, 0.2) is 5.82 Å². The highest BCUT2D eigenvalue weighted by Gasteiger charge is 2.22. The van der Waals surface area contributed by atoms with E-state index in [-0.39, 0.29) is 13.0 Å². The van der Waals surface area contributed by atoms with Crippen LogP contribution in [0.5, 0.6) is 0 Å². The molecule has 0 bridgehead atoms. The van der Waals surface area contributed by atoms with Gasteiger partial charge in [0, 0.05) is 18.8 Å². The lowest BCUT2D eigenvalue weighted by atomic mass is 10.3. The van der Waals surface area contributed by atoms with Crippen LogP contribution in [-0.4, -0.2) is 31.2 Å². The Hall–Kier alpha value is -1.05. The Bertz CT molecular complexity index is 450. The summed E-state index contributed by atoms with van der Waals surface area (Å²) in [7, 11) is -3.96. The molecule has 2 N–H and O–H groups in total. The second kappa shape index (κ2) is 5.33. The molecule has 1 unspecified atom stereocenters. The van der Waals surface area contributed by atoms with Crippen LogP contribution in [0.4, 0.5) is 4.39 Å². The fourth-order valence-corrected chi connectivity index (χ4v) is 2.43. The van der Waals surface area contributed by atoms with Crippen LogP contribution in [0.25, 0.3) is 0 Å². The van der Waals surface area contributed by atoms with E-state index in [0.29, 0.717) is 0 Å². The molecular formula is C9H13FN2O3S. The highest BCUT2D eigenvalue weighted by Crippen LogP contribution is 2.10. The lowest BCUT2D eigenvalue weighted by Gasteiger charge is -2.12. The Morgan fingerprint density at radius 2 is 2.31 bits per heavy atom. The molecule has 0 fully saturated rings. The zero-order valence-electron chi connectivity index (χ0n) is 8.72. The first kappa shape index (κ1) is 13.0. The van der Waals surface area contributed by atoms with E-state index in [9.17, 15) is 12.8 Å². The van der Waals surface area contributed by atoms with Crippen LogP contribution in [0.3, 0.4) is 0 Å². The lowest BCUT2D eigenvalue weighted by Crippen LogP contribution is -2.34. The maximum Gasteiger partial charge on any atom is 0.261 e. The van der Waals surface area contributed by atoms with E-state index in [4.69, 9.17) is 5.11 Å². The summed E-state index contributed by atoms with van der Waals surface area (Å²) < 4.78 is 38.7. The molecule has 1 atom stereocenters. The van der Waals surface area contributed by atoms with Gasteiger partial charge in [-0.2, -0.15) is 0 Å². The molecule has 90 valence electrons. The topological polar surface area (TPSA) is 79.3 Å². The molecule has 16 heavy (non-hydrogen) atoms. The van der Waals surface area contributed by atoms with E-state index >= 15 is 0 Å². The Labute approximate surface area is 93.4 Å². The normalized spacial score (nSPS) is 13.7. The monoisotopic (exact) mass is 248 g/mol. The van der Waals surface area contributed by atoms with E-state index in [2.05, 4.69) is 9.71 Å². The van der Waals surface area contributed by atoms with E-state index in [1.807, 2.05) is 0 Å². The number of nitrogens with zero attached hydrogens (tertiary/aromatic N) is 1. The molecule has 1 aromatic heterocycles. The van der Waals surface area contributed by atoms with Gasteiger partial charge in [-0.05, 0) is 25.5 Å². The molecule has 1 rings (SSSR count). The van der Waals surface area contributed by atoms with Crippen molar-refractivity contribution < 1.29 is 17.9 Å². The predicted octanol–water partition coefficient (Wildman–Crippen LogP) is 0.270. The van der Waals surface area contributed by atoms with Crippen molar-refractivity contribution in [1.82, 2.24) is 9.71 Å². The van der Waals surface area contributed by atoms with Crippen LogP contribution in [0.2, 0.25) is 0 Å². The summed E-state index contributed by atoms with van der Waals surface area (Å²) in [5, 5.41) is 8.01.